The van der Waals surface area contributed by atoms with E-state index >= 15 is 0 Å². The Morgan fingerprint density at radius 2 is 2.00 bits per heavy atom. The van der Waals surface area contributed by atoms with E-state index in [0.717, 1.165) is 6.54 Å². The molecule has 1 aromatic rings. The Labute approximate surface area is 83.2 Å². The molecule has 1 aromatic carbocycles. The SMILES string of the molecule is FC1=CN(Cc2ccccc2)C=CC1. The highest BCUT2D eigenvalue weighted by Gasteiger charge is 2.04. The van der Waals surface area contributed by atoms with E-state index in [-0.39, 0.29) is 5.83 Å². The highest BCUT2D eigenvalue weighted by atomic mass is 19.1. The van der Waals surface area contributed by atoms with Crippen LogP contribution in [0.5, 0.6) is 0 Å². The number of nitrogens with zero attached hydrogens (tertiary/aromatic N) is 1. The molecule has 0 amide bonds. The van der Waals surface area contributed by atoms with E-state index in [1.807, 2.05) is 47.5 Å². The molecule has 2 heteroatoms. The molecular formula is C12H12FN. The van der Waals surface area contributed by atoms with Gasteiger partial charge in [-0.3, -0.25) is 0 Å². The van der Waals surface area contributed by atoms with Crippen LogP contribution in [-0.4, -0.2) is 4.90 Å². The van der Waals surface area contributed by atoms with Gasteiger partial charge in [0, 0.05) is 25.4 Å². The van der Waals surface area contributed by atoms with Gasteiger partial charge in [-0.1, -0.05) is 36.4 Å². The summed E-state index contributed by atoms with van der Waals surface area (Å²) >= 11 is 0. The van der Waals surface area contributed by atoms with Crippen LogP contribution in [0.1, 0.15) is 12.0 Å². The second-order valence-electron chi connectivity index (χ2n) is 3.32. The van der Waals surface area contributed by atoms with Crippen molar-refractivity contribution in [1.29, 1.82) is 0 Å². The molecule has 72 valence electrons. The van der Waals surface area contributed by atoms with Crippen LogP contribution in [0.15, 0.2) is 54.6 Å². The summed E-state index contributed by atoms with van der Waals surface area (Å²) in [6.07, 6.45) is 5.71. The van der Waals surface area contributed by atoms with Crippen LogP contribution in [-0.2, 0) is 6.54 Å². The molecule has 1 heterocycles. The molecule has 0 atom stereocenters. The average molecular weight is 189 g/mol. The van der Waals surface area contributed by atoms with Gasteiger partial charge in [0.25, 0.3) is 0 Å². The van der Waals surface area contributed by atoms with E-state index in [2.05, 4.69) is 0 Å². The quantitative estimate of drug-likeness (QED) is 0.690. The first-order chi connectivity index (χ1) is 6.84. The number of allylic oxidation sites excluding steroid dienone is 2. The summed E-state index contributed by atoms with van der Waals surface area (Å²) in [5, 5.41) is 0. The van der Waals surface area contributed by atoms with E-state index in [9.17, 15) is 4.39 Å². The van der Waals surface area contributed by atoms with Crippen LogP contribution in [0.25, 0.3) is 0 Å². The number of benzene rings is 1. The lowest BCUT2D eigenvalue weighted by molar-refractivity contribution is 0.455. The van der Waals surface area contributed by atoms with Gasteiger partial charge in [0.05, 0.1) is 0 Å². The molecule has 2 rings (SSSR count). The first kappa shape index (κ1) is 9.00. The fourth-order valence-electron chi connectivity index (χ4n) is 1.47. The third kappa shape index (κ3) is 2.22. The fraction of sp³-hybridized carbons (Fsp3) is 0.167. The minimum Gasteiger partial charge on any atom is -0.348 e. The predicted molar refractivity (Wildman–Crippen MR) is 54.9 cm³/mol. The van der Waals surface area contributed by atoms with E-state index in [0.29, 0.717) is 6.42 Å². The fourth-order valence-corrected chi connectivity index (χ4v) is 1.47. The number of hydrogen-bond acceptors (Lipinski definition) is 1. The maximum atomic E-state index is 12.9. The largest absolute Gasteiger partial charge is 0.348 e. The van der Waals surface area contributed by atoms with Crippen molar-refractivity contribution in [3.05, 3.63) is 60.2 Å². The minimum absolute atomic E-state index is 0.0802. The van der Waals surface area contributed by atoms with Crippen LogP contribution in [0, 0.1) is 0 Å². The summed E-state index contributed by atoms with van der Waals surface area (Å²) in [5.74, 6) is -0.0802. The summed E-state index contributed by atoms with van der Waals surface area (Å²) in [7, 11) is 0. The minimum atomic E-state index is -0.0802. The van der Waals surface area contributed by atoms with Gasteiger partial charge >= 0.3 is 0 Å². The van der Waals surface area contributed by atoms with Crippen molar-refractivity contribution in [3.8, 4) is 0 Å². The van der Waals surface area contributed by atoms with Crippen molar-refractivity contribution >= 4 is 0 Å². The summed E-state index contributed by atoms with van der Waals surface area (Å²) in [6, 6.07) is 10.0. The van der Waals surface area contributed by atoms with Gasteiger partial charge in [0.2, 0.25) is 0 Å². The van der Waals surface area contributed by atoms with Crippen LogP contribution >= 0.6 is 0 Å². The van der Waals surface area contributed by atoms with Gasteiger partial charge in [-0.15, -0.1) is 0 Å². The molecule has 0 aliphatic carbocycles. The molecule has 0 aromatic heterocycles. The Bertz CT molecular complexity index is 354. The molecule has 14 heavy (non-hydrogen) atoms. The summed E-state index contributed by atoms with van der Waals surface area (Å²) in [4.78, 5) is 1.86. The van der Waals surface area contributed by atoms with E-state index in [1.54, 1.807) is 6.20 Å². The molecule has 0 saturated heterocycles. The standard InChI is InChI=1S/C12H12FN/c13-12-7-4-8-14(10-12)9-11-5-2-1-3-6-11/h1-6,8,10H,7,9H2. The molecular weight excluding hydrogens is 177 g/mol. The van der Waals surface area contributed by atoms with Crippen LogP contribution in [0.2, 0.25) is 0 Å². The summed E-state index contributed by atoms with van der Waals surface area (Å²) in [5.41, 5.74) is 1.18. The second kappa shape index (κ2) is 4.09. The molecule has 0 unspecified atom stereocenters. The van der Waals surface area contributed by atoms with Gasteiger partial charge in [-0.05, 0) is 5.56 Å². The number of hydrogen-bond donors (Lipinski definition) is 0. The average Bonchev–Trinajstić information content (AvgIpc) is 2.19. The molecule has 0 fully saturated rings. The summed E-state index contributed by atoms with van der Waals surface area (Å²) < 4.78 is 12.9. The lowest BCUT2D eigenvalue weighted by Crippen LogP contribution is -2.11. The zero-order valence-electron chi connectivity index (χ0n) is 7.86. The Morgan fingerprint density at radius 3 is 2.71 bits per heavy atom. The van der Waals surface area contributed by atoms with E-state index in [4.69, 9.17) is 0 Å². The van der Waals surface area contributed by atoms with Gasteiger partial charge < -0.3 is 4.90 Å². The maximum Gasteiger partial charge on any atom is 0.120 e. The van der Waals surface area contributed by atoms with E-state index < -0.39 is 0 Å². The number of halogens is 1. The Kier molecular flexibility index (Phi) is 2.63. The van der Waals surface area contributed by atoms with Gasteiger partial charge in [0.1, 0.15) is 5.83 Å². The van der Waals surface area contributed by atoms with Crippen LogP contribution in [0.3, 0.4) is 0 Å². The van der Waals surface area contributed by atoms with Gasteiger partial charge in [-0.25, -0.2) is 4.39 Å². The van der Waals surface area contributed by atoms with Crippen molar-refractivity contribution < 1.29 is 4.39 Å². The molecule has 0 radical (unpaired) electrons. The highest BCUT2D eigenvalue weighted by Crippen LogP contribution is 2.15. The molecule has 1 nitrogen and oxygen atoms in total. The molecule has 0 saturated carbocycles. The zero-order valence-corrected chi connectivity index (χ0v) is 7.86. The van der Waals surface area contributed by atoms with Crippen LogP contribution < -0.4 is 0 Å². The topological polar surface area (TPSA) is 3.24 Å². The van der Waals surface area contributed by atoms with Crippen molar-refractivity contribution in [2.75, 3.05) is 0 Å². The van der Waals surface area contributed by atoms with Gasteiger partial charge in [0.15, 0.2) is 0 Å². The smallest absolute Gasteiger partial charge is 0.120 e. The van der Waals surface area contributed by atoms with Crippen molar-refractivity contribution in [2.45, 2.75) is 13.0 Å². The van der Waals surface area contributed by atoms with Crippen LogP contribution in [0.4, 0.5) is 4.39 Å². The lowest BCUT2D eigenvalue weighted by Gasteiger charge is -2.18. The summed E-state index contributed by atoms with van der Waals surface area (Å²) in [6.45, 7) is 0.727. The molecule has 1 aliphatic rings. The van der Waals surface area contributed by atoms with E-state index in [1.165, 1.54) is 5.56 Å². The highest BCUT2D eigenvalue weighted by molar-refractivity contribution is 5.17. The van der Waals surface area contributed by atoms with Gasteiger partial charge in [-0.2, -0.15) is 0 Å². The maximum absolute atomic E-state index is 12.9. The Hall–Kier alpha value is -1.57. The number of rotatable bonds is 2. The first-order valence-corrected chi connectivity index (χ1v) is 4.67. The Balaban J connectivity index is 2.05. The molecule has 0 spiro atoms. The van der Waals surface area contributed by atoms with Crippen molar-refractivity contribution in [1.82, 2.24) is 4.90 Å². The van der Waals surface area contributed by atoms with Crippen molar-refractivity contribution in [3.63, 3.8) is 0 Å². The molecule has 1 aliphatic heterocycles. The molecule has 0 bridgehead atoms. The second-order valence-corrected chi connectivity index (χ2v) is 3.32. The molecule has 0 N–H and O–H groups in total. The normalized spacial score (nSPS) is 15.5. The monoisotopic (exact) mass is 189 g/mol. The Morgan fingerprint density at radius 1 is 1.21 bits per heavy atom. The van der Waals surface area contributed by atoms with Crippen molar-refractivity contribution in [2.24, 2.45) is 0 Å². The predicted octanol–water partition coefficient (Wildman–Crippen LogP) is 3.22. The lowest BCUT2D eigenvalue weighted by atomic mass is 10.2. The third-order valence-electron chi connectivity index (χ3n) is 2.12. The first-order valence-electron chi connectivity index (χ1n) is 4.67. The zero-order chi connectivity index (χ0) is 9.80. The third-order valence-corrected chi connectivity index (χ3v) is 2.12.